The molecule has 0 heterocycles. The second-order valence-corrected chi connectivity index (χ2v) is 6.72. The third-order valence-electron chi connectivity index (χ3n) is 3.05. The Kier molecular flexibility index (Phi) is 5.71. The third kappa shape index (κ3) is 5.21. The van der Waals surface area contributed by atoms with E-state index in [0.717, 1.165) is 6.07 Å². The summed E-state index contributed by atoms with van der Waals surface area (Å²) in [5.41, 5.74) is -1.82. The zero-order valence-electron chi connectivity index (χ0n) is 13.9. The molecular weight excluding hydrogens is 303 g/mol. The first-order chi connectivity index (χ1) is 10.5. The largest absolute Gasteiger partial charge is 0.444 e. The van der Waals surface area contributed by atoms with Crippen molar-refractivity contribution in [1.29, 1.82) is 0 Å². The first-order valence-electron chi connectivity index (χ1n) is 7.16. The molecule has 0 bridgehead atoms. The van der Waals surface area contributed by atoms with Gasteiger partial charge in [-0.15, -0.1) is 0 Å². The van der Waals surface area contributed by atoms with Crippen molar-refractivity contribution in [3.05, 3.63) is 29.6 Å². The summed E-state index contributed by atoms with van der Waals surface area (Å²) >= 11 is 0. The summed E-state index contributed by atoms with van der Waals surface area (Å²) in [5.74, 6) is -0.679. The highest BCUT2D eigenvalue weighted by Gasteiger charge is 2.34. The number of nitrogens with one attached hydrogen (secondary N) is 2. The number of para-hydroxylation sites is 1. The third-order valence-corrected chi connectivity index (χ3v) is 3.05. The number of rotatable bonds is 5. The van der Waals surface area contributed by atoms with Gasteiger partial charge in [-0.2, -0.15) is 0 Å². The Morgan fingerprint density at radius 2 is 1.91 bits per heavy atom. The summed E-state index contributed by atoms with van der Waals surface area (Å²) in [4.78, 5) is 22.5. The van der Waals surface area contributed by atoms with Gasteiger partial charge in [0.25, 0.3) is 0 Å². The number of alkyl carbamates (subject to hydrolysis) is 1. The number of hydrogen-bond donors (Lipinski definition) is 3. The molecule has 2 amide bonds. The lowest BCUT2D eigenvalue weighted by atomic mass is 9.90. The summed E-state index contributed by atoms with van der Waals surface area (Å²) in [6.45, 7) is 8.28. The minimum Gasteiger partial charge on any atom is -0.444 e. The Bertz CT molecular complexity index is 582. The number of benzene rings is 1. The van der Waals surface area contributed by atoms with Crippen LogP contribution in [0.15, 0.2) is 18.2 Å². The van der Waals surface area contributed by atoms with Crippen molar-refractivity contribution in [2.24, 2.45) is 0 Å². The molecule has 0 aliphatic carbocycles. The molecule has 128 valence electrons. The fourth-order valence-electron chi connectivity index (χ4n) is 2.00. The molecule has 0 saturated heterocycles. The van der Waals surface area contributed by atoms with Crippen molar-refractivity contribution in [2.45, 2.75) is 51.9 Å². The van der Waals surface area contributed by atoms with E-state index >= 15 is 0 Å². The SMILES string of the molecule is CC(C)(C)OC(=O)NC(C)(C)C(O)c1cccc(F)c1NC=O. The molecule has 1 aromatic rings. The Morgan fingerprint density at radius 1 is 1.30 bits per heavy atom. The van der Waals surface area contributed by atoms with Crippen molar-refractivity contribution in [3.63, 3.8) is 0 Å². The van der Waals surface area contributed by atoms with Crippen LogP contribution in [0.25, 0.3) is 0 Å². The van der Waals surface area contributed by atoms with Gasteiger partial charge in [-0.25, -0.2) is 9.18 Å². The standard InChI is InChI=1S/C16H23FN2O4/c1-15(2,3)23-14(22)19-16(4,5)13(21)10-7-6-8-11(17)12(10)18-9-20/h6-9,13,21H,1-5H3,(H,18,20)(H,19,22). The van der Waals surface area contributed by atoms with Crippen LogP contribution >= 0.6 is 0 Å². The minimum atomic E-state index is -1.27. The van der Waals surface area contributed by atoms with Crippen molar-refractivity contribution >= 4 is 18.2 Å². The Morgan fingerprint density at radius 3 is 2.43 bits per heavy atom. The lowest BCUT2D eigenvalue weighted by Gasteiger charge is -2.33. The number of aliphatic hydroxyl groups is 1. The van der Waals surface area contributed by atoms with Gasteiger partial charge in [0.15, 0.2) is 0 Å². The van der Waals surface area contributed by atoms with Gasteiger partial charge in [-0.1, -0.05) is 12.1 Å². The molecule has 6 nitrogen and oxygen atoms in total. The van der Waals surface area contributed by atoms with Gasteiger partial charge in [0.2, 0.25) is 6.41 Å². The van der Waals surface area contributed by atoms with Crippen LogP contribution in [-0.2, 0) is 9.53 Å². The molecule has 0 radical (unpaired) electrons. The van der Waals surface area contributed by atoms with E-state index < -0.39 is 29.2 Å². The highest BCUT2D eigenvalue weighted by Crippen LogP contribution is 2.32. The predicted molar refractivity (Wildman–Crippen MR) is 84.5 cm³/mol. The van der Waals surface area contributed by atoms with Gasteiger partial charge in [0.05, 0.1) is 11.2 Å². The fraction of sp³-hybridized carbons (Fsp3) is 0.500. The van der Waals surface area contributed by atoms with Gasteiger partial charge >= 0.3 is 6.09 Å². The molecule has 0 aromatic heterocycles. The molecular formula is C16H23FN2O4. The second-order valence-electron chi connectivity index (χ2n) is 6.72. The summed E-state index contributed by atoms with van der Waals surface area (Å²) in [5, 5.41) is 15.3. The van der Waals surface area contributed by atoms with Crippen molar-refractivity contribution in [2.75, 3.05) is 5.32 Å². The van der Waals surface area contributed by atoms with Crippen LogP contribution in [0.4, 0.5) is 14.9 Å². The summed E-state index contributed by atoms with van der Waals surface area (Å²) in [6, 6.07) is 4.04. The van der Waals surface area contributed by atoms with Gasteiger partial charge in [0, 0.05) is 5.56 Å². The normalized spacial score (nSPS) is 13.2. The van der Waals surface area contributed by atoms with Gasteiger partial charge < -0.3 is 20.5 Å². The first kappa shape index (κ1) is 18.9. The smallest absolute Gasteiger partial charge is 0.408 e. The highest BCUT2D eigenvalue weighted by molar-refractivity contribution is 5.74. The van der Waals surface area contributed by atoms with E-state index in [4.69, 9.17) is 4.74 Å². The van der Waals surface area contributed by atoms with E-state index in [1.54, 1.807) is 34.6 Å². The zero-order chi connectivity index (χ0) is 17.8. The van der Waals surface area contributed by atoms with E-state index in [1.807, 2.05) is 0 Å². The van der Waals surface area contributed by atoms with Crippen LogP contribution in [-0.4, -0.2) is 28.7 Å². The number of hydrogen-bond acceptors (Lipinski definition) is 4. The molecule has 0 aliphatic heterocycles. The molecule has 0 fully saturated rings. The molecule has 3 N–H and O–H groups in total. The monoisotopic (exact) mass is 326 g/mol. The highest BCUT2D eigenvalue weighted by atomic mass is 19.1. The number of carbonyl (C=O) groups excluding carboxylic acids is 2. The van der Waals surface area contributed by atoms with E-state index in [1.165, 1.54) is 12.1 Å². The maximum atomic E-state index is 13.8. The molecule has 1 unspecified atom stereocenters. The molecule has 0 aliphatic rings. The lowest BCUT2D eigenvalue weighted by Crippen LogP contribution is -2.49. The molecule has 0 spiro atoms. The van der Waals surface area contributed by atoms with Crippen LogP contribution in [0.3, 0.4) is 0 Å². The Balaban J connectivity index is 3.03. The predicted octanol–water partition coefficient (Wildman–Crippen LogP) is 2.73. The molecule has 0 saturated carbocycles. The van der Waals surface area contributed by atoms with Crippen molar-refractivity contribution in [3.8, 4) is 0 Å². The van der Waals surface area contributed by atoms with Crippen LogP contribution < -0.4 is 10.6 Å². The van der Waals surface area contributed by atoms with E-state index in [9.17, 15) is 19.1 Å². The Labute approximate surface area is 135 Å². The average molecular weight is 326 g/mol. The van der Waals surface area contributed by atoms with Crippen molar-refractivity contribution < 1.29 is 23.8 Å². The number of carbonyl (C=O) groups is 2. The van der Waals surface area contributed by atoms with Gasteiger partial charge in [0.1, 0.15) is 17.5 Å². The molecule has 23 heavy (non-hydrogen) atoms. The van der Waals surface area contributed by atoms with Crippen LogP contribution in [0, 0.1) is 5.82 Å². The maximum Gasteiger partial charge on any atom is 0.408 e. The van der Waals surface area contributed by atoms with Gasteiger partial charge in [-0.3, -0.25) is 4.79 Å². The average Bonchev–Trinajstić information content (AvgIpc) is 2.37. The molecule has 1 rings (SSSR count). The number of ether oxygens (including phenoxy) is 1. The fourth-order valence-corrected chi connectivity index (χ4v) is 2.00. The number of amides is 2. The number of anilines is 1. The van der Waals surface area contributed by atoms with Gasteiger partial charge in [-0.05, 0) is 40.7 Å². The molecule has 7 heteroatoms. The second kappa shape index (κ2) is 6.95. The lowest BCUT2D eigenvalue weighted by molar-refractivity contribution is -0.105. The number of halogens is 1. The van der Waals surface area contributed by atoms with Crippen LogP contribution in [0.1, 0.15) is 46.3 Å². The summed E-state index contributed by atoms with van der Waals surface area (Å²) in [7, 11) is 0. The molecule has 1 aromatic carbocycles. The number of aliphatic hydroxyl groups excluding tert-OH is 1. The topological polar surface area (TPSA) is 87.7 Å². The summed E-state index contributed by atoms with van der Waals surface area (Å²) in [6.07, 6.45) is -1.65. The van der Waals surface area contributed by atoms with Crippen LogP contribution in [0.5, 0.6) is 0 Å². The van der Waals surface area contributed by atoms with E-state index in [-0.39, 0.29) is 11.3 Å². The zero-order valence-corrected chi connectivity index (χ0v) is 13.9. The van der Waals surface area contributed by atoms with E-state index in [0.29, 0.717) is 6.41 Å². The molecule has 1 atom stereocenters. The summed E-state index contributed by atoms with van der Waals surface area (Å²) < 4.78 is 19.0. The quantitative estimate of drug-likeness (QED) is 0.726. The maximum absolute atomic E-state index is 13.8. The van der Waals surface area contributed by atoms with Crippen LogP contribution in [0.2, 0.25) is 0 Å². The van der Waals surface area contributed by atoms with E-state index in [2.05, 4.69) is 10.6 Å². The minimum absolute atomic E-state index is 0.130. The first-order valence-corrected chi connectivity index (χ1v) is 7.16. The van der Waals surface area contributed by atoms with Crippen molar-refractivity contribution in [1.82, 2.24) is 5.32 Å². The Hall–Kier alpha value is -2.15.